The van der Waals surface area contributed by atoms with Gasteiger partial charge in [-0.25, -0.2) is 0 Å². The van der Waals surface area contributed by atoms with E-state index >= 15 is 0 Å². The van der Waals surface area contributed by atoms with Gasteiger partial charge in [-0.15, -0.1) is 12.4 Å². The molecule has 0 aromatic heterocycles. The van der Waals surface area contributed by atoms with Gasteiger partial charge < -0.3 is 9.57 Å². The van der Waals surface area contributed by atoms with Crippen molar-refractivity contribution in [3.8, 4) is 0 Å². The maximum Gasteiger partial charge on any atom is 0.325 e. The highest BCUT2D eigenvalue weighted by molar-refractivity contribution is 5.85. The Bertz CT molecular complexity index is 125. The molecule has 1 aliphatic rings. The first-order valence-electron chi connectivity index (χ1n) is 3.38. The summed E-state index contributed by atoms with van der Waals surface area (Å²) in [6, 6.07) is -0.250. The second kappa shape index (κ2) is 5.35. The summed E-state index contributed by atoms with van der Waals surface area (Å²) in [5.41, 5.74) is 2.57. The zero-order valence-corrected chi connectivity index (χ0v) is 7.15. The third-order valence-electron chi connectivity index (χ3n) is 1.31. The van der Waals surface area contributed by atoms with Gasteiger partial charge in [0.05, 0.1) is 13.2 Å². The molecular weight excluding hydrogens is 170 g/mol. The van der Waals surface area contributed by atoms with Gasteiger partial charge in [0, 0.05) is 6.42 Å². The SMILES string of the molecule is CCOC(=O)[C@@H]1CCON1.Cl. The Kier molecular flexibility index (Phi) is 5.19. The fraction of sp³-hybridized carbons (Fsp3) is 0.833. The molecule has 0 radical (unpaired) electrons. The van der Waals surface area contributed by atoms with E-state index in [0.717, 1.165) is 0 Å². The molecule has 0 saturated carbocycles. The van der Waals surface area contributed by atoms with E-state index in [2.05, 4.69) is 5.48 Å². The smallest absolute Gasteiger partial charge is 0.325 e. The van der Waals surface area contributed by atoms with Crippen molar-refractivity contribution < 1.29 is 14.4 Å². The largest absolute Gasteiger partial charge is 0.465 e. The molecule has 0 amide bonds. The van der Waals surface area contributed by atoms with Crippen LogP contribution in [0.5, 0.6) is 0 Å². The molecule has 11 heavy (non-hydrogen) atoms. The molecule has 1 atom stereocenters. The van der Waals surface area contributed by atoms with Crippen molar-refractivity contribution in [3.05, 3.63) is 0 Å². The molecule has 0 aromatic carbocycles. The number of carbonyl (C=O) groups is 1. The predicted molar refractivity (Wildman–Crippen MR) is 41.4 cm³/mol. The molecule has 1 N–H and O–H groups in total. The van der Waals surface area contributed by atoms with Crippen molar-refractivity contribution in [1.82, 2.24) is 5.48 Å². The van der Waals surface area contributed by atoms with Gasteiger partial charge in [-0.2, -0.15) is 5.48 Å². The summed E-state index contributed by atoms with van der Waals surface area (Å²) >= 11 is 0. The van der Waals surface area contributed by atoms with Gasteiger partial charge in [0.1, 0.15) is 6.04 Å². The normalized spacial score (nSPS) is 22.5. The molecule has 0 aromatic rings. The number of hydrogen-bond acceptors (Lipinski definition) is 4. The first-order valence-corrected chi connectivity index (χ1v) is 3.38. The minimum absolute atomic E-state index is 0. The Morgan fingerprint density at radius 1 is 1.82 bits per heavy atom. The summed E-state index contributed by atoms with van der Waals surface area (Å²) in [5.74, 6) is -0.222. The lowest BCUT2D eigenvalue weighted by molar-refractivity contribution is -0.146. The van der Waals surface area contributed by atoms with Gasteiger partial charge in [-0.1, -0.05) is 0 Å². The van der Waals surface area contributed by atoms with Crippen LogP contribution in [0.2, 0.25) is 0 Å². The first kappa shape index (κ1) is 10.7. The van der Waals surface area contributed by atoms with Crippen molar-refractivity contribution in [2.45, 2.75) is 19.4 Å². The monoisotopic (exact) mass is 181 g/mol. The summed E-state index contributed by atoms with van der Waals surface area (Å²) in [6.45, 7) is 2.80. The van der Waals surface area contributed by atoms with E-state index in [1.54, 1.807) is 6.92 Å². The van der Waals surface area contributed by atoms with Crippen LogP contribution in [0.15, 0.2) is 0 Å². The minimum atomic E-state index is -0.250. The number of hydrogen-bond donors (Lipinski definition) is 1. The molecule has 66 valence electrons. The zero-order valence-electron chi connectivity index (χ0n) is 6.33. The molecular formula is C6H12ClNO3. The van der Waals surface area contributed by atoms with Gasteiger partial charge in [-0.05, 0) is 6.92 Å². The maximum absolute atomic E-state index is 10.9. The van der Waals surface area contributed by atoms with Crippen LogP contribution in [0.3, 0.4) is 0 Å². The molecule has 0 bridgehead atoms. The summed E-state index contributed by atoms with van der Waals surface area (Å²) in [6.07, 6.45) is 0.707. The maximum atomic E-state index is 10.9. The van der Waals surface area contributed by atoms with Crippen LogP contribution < -0.4 is 5.48 Å². The standard InChI is InChI=1S/C6H11NO3.ClH/c1-2-9-6(8)5-3-4-10-7-5;/h5,7H,2-4H2,1H3;1H/t5-;/m0./s1. The summed E-state index contributed by atoms with van der Waals surface area (Å²) in [7, 11) is 0. The number of carbonyl (C=O) groups excluding carboxylic acids is 1. The van der Waals surface area contributed by atoms with Gasteiger partial charge in [0.25, 0.3) is 0 Å². The van der Waals surface area contributed by atoms with Gasteiger partial charge in [-0.3, -0.25) is 4.79 Å². The van der Waals surface area contributed by atoms with Crippen molar-refractivity contribution in [2.24, 2.45) is 0 Å². The van der Waals surface area contributed by atoms with Crippen LogP contribution in [0.1, 0.15) is 13.3 Å². The molecule has 0 unspecified atom stereocenters. The Labute approximate surface area is 71.6 Å². The Morgan fingerprint density at radius 3 is 3.00 bits per heavy atom. The second-order valence-electron chi connectivity index (χ2n) is 2.06. The lowest BCUT2D eigenvalue weighted by Crippen LogP contribution is -2.31. The number of halogens is 1. The number of esters is 1. The van der Waals surface area contributed by atoms with E-state index in [4.69, 9.17) is 9.57 Å². The molecule has 1 rings (SSSR count). The number of rotatable bonds is 2. The van der Waals surface area contributed by atoms with Crippen LogP contribution in [-0.4, -0.2) is 25.2 Å². The average molecular weight is 182 g/mol. The molecule has 0 aliphatic carbocycles. The second-order valence-corrected chi connectivity index (χ2v) is 2.06. The van der Waals surface area contributed by atoms with Gasteiger partial charge in [0.2, 0.25) is 0 Å². The van der Waals surface area contributed by atoms with Gasteiger partial charge in [0.15, 0.2) is 0 Å². The third kappa shape index (κ3) is 3.05. The summed E-state index contributed by atoms with van der Waals surface area (Å²) < 4.78 is 4.74. The van der Waals surface area contributed by atoms with E-state index in [1.165, 1.54) is 0 Å². The van der Waals surface area contributed by atoms with Crippen molar-refractivity contribution in [2.75, 3.05) is 13.2 Å². The average Bonchev–Trinajstić information content (AvgIpc) is 2.38. The Hall–Kier alpha value is -0.320. The van der Waals surface area contributed by atoms with E-state index in [9.17, 15) is 4.79 Å². The topological polar surface area (TPSA) is 47.6 Å². The number of hydroxylamine groups is 1. The van der Waals surface area contributed by atoms with Crippen molar-refractivity contribution in [3.63, 3.8) is 0 Å². The molecule has 1 fully saturated rings. The number of nitrogens with one attached hydrogen (secondary N) is 1. The van der Waals surface area contributed by atoms with E-state index in [0.29, 0.717) is 19.6 Å². The van der Waals surface area contributed by atoms with Crippen LogP contribution in [0.4, 0.5) is 0 Å². The third-order valence-corrected chi connectivity index (χ3v) is 1.31. The first-order chi connectivity index (χ1) is 4.84. The van der Waals surface area contributed by atoms with Crippen LogP contribution in [-0.2, 0) is 14.4 Å². The highest BCUT2D eigenvalue weighted by atomic mass is 35.5. The molecule has 1 saturated heterocycles. The number of ether oxygens (including phenoxy) is 1. The summed E-state index contributed by atoms with van der Waals surface area (Å²) in [4.78, 5) is 15.7. The molecule has 1 heterocycles. The lowest BCUT2D eigenvalue weighted by atomic mass is 10.2. The highest BCUT2D eigenvalue weighted by Gasteiger charge is 2.23. The molecule has 4 nitrogen and oxygen atoms in total. The quantitative estimate of drug-likeness (QED) is 0.621. The fourth-order valence-corrected chi connectivity index (χ4v) is 0.804. The predicted octanol–water partition coefficient (Wildman–Crippen LogP) is 0.265. The van der Waals surface area contributed by atoms with Crippen molar-refractivity contribution >= 4 is 18.4 Å². The van der Waals surface area contributed by atoms with E-state index < -0.39 is 0 Å². The molecule has 0 spiro atoms. The Balaban J connectivity index is 0.000001000. The van der Waals surface area contributed by atoms with Gasteiger partial charge >= 0.3 is 5.97 Å². The Morgan fingerprint density at radius 2 is 2.55 bits per heavy atom. The highest BCUT2D eigenvalue weighted by Crippen LogP contribution is 2.02. The zero-order chi connectivity index (χ0) is 7.40. The van der Waals surface area contributed by atoms with E-state index in [1.807, 2.05) is 0 Å². The van der Waals surface area contributed by atoms with Crippen LogP contribution in [0.25, 0.3) is 0 Å². The van der Waals surface area contributed by atoms with Crippen molar-refractivity contribution in [1.29, 1.82) is 0 Å². The van der Waals surface area contributed by atoms with E-state index in [-0.39, 0.29) is 24.4 Å². The van der Waals surface area contributed by atoms with Crippen LogP contribution >= 0.6 is 12.4 Å². The fourth-order valence-electron chi connectivity index (χ4n) is 0.804. The molecule has 1 aliphatic heterocycles. The minimum Gasteiger partial charge on any atom is -0.465 e. The lowest BCUT2D eigenvalue weighted by Gasteiger charge is -2.05. The summed E-state index contributed by atoms with van der Waals surface area (Å²) in [5, 5.41) is 0. The van der Waals surface area contributed by atoms with Crippen LogP contribution in [0, 0.1) is 0 Å². The molecule has 5 heteroatoms.